The van der Waals surface area contributed by atoms with Gasteiger partial charge >= 0.3 is 0 Å². The molecule has 0 spiro atoms. The number of carbonyl (C=O) groups is 1. The monoisotopic (exact) mass is 328 g/mol. The zero-order chi connectivity index (χ0) is 15.8. The molecule has 2 aromatic heterocycles. The highest BCUT2D eigenvalue weighted by atomic mass is 32.1. The van der Waals surface area contributed by atoms with Gasteiger partial charge in [-0.15, -0.1) is 11.3 Å². The molecule has 0 bridgehead atoms. The van der Waals surface area contributed by atoms with Gasteiger partial charge in [-0.3, -0.25) is 14.7 Å². The van der Waals surface area contributed by atoms with Crippen molar-refractivity contribution in [2.24, 2.45) is 0 Å². The van der Waals surface area contributed by atoms with Gasteiger partial charge in [-0.25, -0.2) is 0 Å². The lowest BCUT2D eigenvalue weighted by atomic mass is 9.94. The van der Waals surface area contributed by atoms with Crippen LogP contribution in [0.3, 0.4) is 0 Å². The van der Waals surface area contributed by atoms with E-state index in [0.29, 0.717) is 0 Å². The number of thiophene rings is 1. The van der Waals surface area contributed by atoms with Crippen LogP contribution in [-0.4, -0.2) is 17.6 Å². The second kappa shape index (κ2) is 6.06. The molecule has 0 saturated carbocycles. The van der Waals surface area contributed by atoms with Gasteiger partial charge in [-0.05, 0) is 37.3 Å². The summed E-state index contributed by atoms with van der Waals surface area (Å²) >= 11 is 1.86. The summed E-state index contributed by atoms with van der Waals surface area (Å²) in [5.41, 5.74) is 4.22. The van der Waals surface area contributed by atoms with Crippen LogP contribution in [-0.2, 0) is 30.7 Å². The molecule has 1 N–H and O–H groups in total. The van der Waals surface area contributed by atoms with Gasteiger partial charge in [0.05, 0.1) is 0 Å². The highest BCUT2D eigenvalue weighted by molar-refractivity contribution is 7.16. The van der Waals surface area contributed by atoms with Crippen LogP contribution in [0.2, 0.25) is 0 Å². The van der Waals surface area contributed by atoms with Crippen molar-refractivity contribution in [3.05, 3.63) is 46.1 Å². The molecule has 4 nitrogen and oxygen atoms in total. The van der Waals surface area contributed by atoms with E-state index in [-0.39, 0.29) is 5.91 Å². The first-order chi connectivity index (χ1) is 11.2. The third-order valence-electron chi connectivity index (χ3n) is 4.87. The minimum atomic E-state index is 0.160. The predicted octanol–water partition coefficient (Wildman–Crippen LogP) is 1.93. The molecule has 2 aromatic rings. The van der Waals surface area contributed by atoms with Crippen molar-refractivity contribution in [3.8, 4) is 0 Å². The third-order valence-corrected chi connectivity index (χ3v) is 6.23. The number of hydrogen-bond donors (Lipinski definition) is 1. The average Bonchev–Trinajstić information content (AvgIpc) is 2.93. The molecule has 0 saturated heterocycles. The Bertz CT molecular complexity index is 725. The Labute approximate surface area is 140 Å². The third kappa shape index (κ3) is 2.79. The standard InChI is InChI=1S/C18H21N3OS/c1-13(22)21-12-20(10-14-5-4-8-19-9-14)11-16-15-6-2-3-7-17(15)23-18(16)21/h4-5,8-9H,2-3,6-7,10-12H2,1H3/p+1. The largest absolute Gasteiger partial charge is 0.310 e. The van der Waals surface area contributed by atoms with Crippen molar-refractivity contribution in [1.29, 1.82) is 0 Å². The Morgan fingerprint density at radius 2 is 2.22 bits per heavy atom. The summed E-state index contributed by atoms with van der Waals surface area (Å²) in [6, 6.07) is 4.11. The molecule has 0 aromatic carbocycles. The van der Waals surface area contributed by atoms with Crippen molar-refractivity contribution in [2.45, 2.75) is 45.7 Å². The molecule has 1 aliphatic carbocycles. The Hall–Kier alpha value is -1.72. The highest BCUT2D eigenvalue weighted by Gasteiger charge is 2.34. The van der Waals surface area contributed by atoms with E-state index in [1.165, 1.54) is 51.6 Å². The lowest BCUT2D eigenvalue weighted by molar-refractivity contribution is -0.928. The molecule has 5 heteroatoms. The molecule has 1 unspecified atom stereocenters. The SMILES string of the molecule is CC(=O)N1C[NH+](Cc2cccnc2)Cc2c1sc1c2CCCC1. The van der Waals surface area contributed by atoms with E-state index in [0.717, 1.165) is 19.8 Å². The first-order valence-electron chi connectivity index (χ1n) is 8.36. The fourth-order valence-electron chi connectivity index (χ4n) is 3.78. The van der Waals surface area contributed by atoms with E-state index in [1.807, 2.05) is 34.7 Å². The van der Waals surface area contributed by atoms with Crippen molar-refractivity contribution in [2.75, 3.05) is 11.6 Å². The summed E-state index contributed by atoms with van der Waals surface area (Å²) in [5.74, 6) is 0.160. The molecule has 1 amide bonds. The van der Waals surface area contributed by atoms with Crippen LogP contribution in [0.15, 0.2) is 24.5 Å². The molecule has 0 radical (unpaired) electrons. The average molecular weight is 328 g/mol. The lowest BCUT2D eigenvalue weighted by Gasteiger charge is -2.32. The maximum absolute atomic E-state index is 12.2. The Morgan fingerprint density at radius 3 is 3.00 bits per heavy atom. The van der Waals surface area contributed by atoms with Gasteiger partial charge in [0.2, 0.25) is 5.91 Å². The minimum absolute atomic E-state index is 0.160. The van der Waals surface area contributed by atoms with Crippen molar-refractivity contribution in [3.63, 3.8) is 0 Å². The number of carbonyl (C=O) groups excluding carboxylic acids is 1. The number of aryl methyl sites for hydroxylation is 1. The van der Waals surface area contributed by atoms with Gasteiger partial charge < -0.3 is 4.90 Å². The van der Waals surface area contributed by atoms with E-state index in [2.05, 4.69) is 11.1 Å². The zero-order valence-corrected chi connectivity index (χ0v) is 14.3. The maximum atomic E-state index is 12.2. The number of pyridine rings is 1. The summed E-state index contributed by atoms with van der Waals surface area (Å²) in [6.45, 7) is 4.40. The fraction of sp³-hybridized carbons (Fsp3) is 0.444. The summed E-state index contributed by atoms with van der Waals surface area (Å²) < 4.78 is 0. The fourth-order valence-corrected chi connectivity index (χ4v) is 5.23. The van der Waals surface area contributed by atoms with Gasteiger partial charge in [-0.1, -0.05) is 6.07 Å². The second-order valence-electron chi connectivity index (χ2n) is 6.56. The lowest BCUT2D eigenvalue weighted by Crippen LogP contribution is -3.12. The molecular weight excluding hydrogens is 306 g/mol. The predicted molar refractivity (Wildman–Crippen MR) is 91.6 cm³/mol. The van der Waals surface area contributed by atoms with Gasteiger partial charge in [0.15, 0.2) is 6.67 Å². The van der Waals surface area contributed by atoms with Crippen LogP contribution in [0.25, 0.3) is 0 Å². The van der Waals surface area contributed by atoms with Gasteiger partial charge in [0.25, 0.3) is 0 Å². The molecule has 2 aliphatic rings. The molecule has 3 heterocycles. The van der Waals surface area contributed by atoms with Gasteiger partial charge in [-0.2, -0.15) is 0 Å². The summed E-state index contributed by atoms with van der Waals surface area (Å²) in [5, 5.41) is 1.22. The number of fused-ring (bicyclic) bond motifs is 3. The second-order valence-corrected chi connectivity index (χ2v) is 7.65. The number of nitrogens with one attached hydrogen (secondary N) is 1. The van der Waals surface area contributed by atoms with E-state index >= 15 is 0 Å². The number of aromatic nitrogens is 1. The van der Waals surface area contributed by atoms with Crippen LogP contribution in [0.1, 0.15) is 41.3 Å². The first kappa shape index (κ1) is 14.8. The van der Waals surface area contributed by atoms with Gasteiger partial charge in [0.1, 0.15) is 18.1 Å². The van der Waals surface area contributed by atoms with Crippen LogP contribution in [0.4, 0.5) is 5.00 Å². The maximum Gasteiger partial charge on any atom is 0.228 e. The van der Waals surface area contributed by atoms with Crippen LogP contribution in [0.5, 0.6) is 0 Å². The molecular formula is C18H22N3OS+. The van der Waals surface area contributed by atoms with Gasteiger partial charge in [0, 0.05) is 35.3 Å². The van der Waals surface area contributed by atoms with E-state index in [9.17, 15) is 4.79 Å². The Morgan fingerprint density at radius 1 is 1.35 bits per heavy atom. The number of hydrogen-bond acceptors (Lipinski definition) is 3. The van der Waals surface area contributed by atoms with Crippen LogP contribution >= 0.6 is 11.3 Å². The highest BCUT2D eigenvalue weighted by Crippen LogP contribution is 2.40. The minimum Gasteiger partial charge on any atom is -0.310 e. The van der Waals surface area contributed by atoms with Crippen LogP contribution < -0.4 is 9.80 Å². The van der Waals surface area contributed by atoms with Crippen LogP contribution in [0, 0.1) is 0 Å². The summed E-state index contributed by atoms with van der Waals surface area (Å²) in [4.78, 5) is 21.3. The first-order valence-corrected chi connectivity index (χ1v) is 9.18. The quantitative estimate of drug-likeness (QED) is 0.915. The molecule has 1 aliphatic heterocycles. The topological polar surface area (TPSA) is 37.6 Å². The molecule has 4 rings (SSSR count). The molecule has 1 atom stereocenters. The number of nitrogens with zero attached hydrogens (tertiary/aromatic N) is 2. The van der Waals surface area contributed by atoms with E-state index < -0.39 is 0 Å². The molecule has 0 fully saturated rings. The molecule has 23 heavy (non-hydrogen) atoms. The summed E-state index contributed by atoms with van der Waals surface area (Å²) in [7, 11) is 0. The van der Waals surface area contributed by atoms with Crippen molar-refractivity contribution in [1.82, 2.24) is 4.98 Å². The molecule has 120 valence electrons. The van der Waals surface area contributed by atoms with E-state index in [4.69, 9.17) is 0 Å². The normalized spacial score (nSPS) is 20.0. The number of amides is 1. The van der Waals surface area contributed by atoms with Crippen molar-refractivity contribution >= 4 is 22.2 Å². The smallest absolute Gasteiger partial charge is 0.228 e. The number of rotatable bonds is 2. The Kier molecular flexibility index (Phi) is 3.91. The summed E-state index contributed by atoms with van der Waals surface area (Å²) in [6.07, 6.45) is 8.70. The zero-order valence-electron chi connectivity index (χ0n) is 13.5. The van der Waals surface area contributed by atoms with E-state index in [1.54, 1.807) is 12.5 Å². The Balaban J connectivity index is 1.66. The van der Waals surface area contributed by atoms with Crippen molar-refractivity contribution < 1.29 is 9.69 Å². The number of quaternary nitrogens is 1. The number of anilines is 1.